The summed E-state index contributed by atoms with van der Waals surface area (Å²) in [5, 5.41) is 2.99. The summed E-state index contributed by atoms with van der Waals surface area (Å²) >= 11 is 10.9. The van der Waals surface area contributed by atoms with Crippen molar-refractivity contribution in [3.8, 4) is 5.75 Å². The molecular formula is C21H24ClN3O3S. The summed E-state index contributed by atoms with van der Waals surface area (Å²) in [7, 11) is 0. The highest BCUT2D eigenvalue weighted by molar-refractivity contribution is 7.80. The molecule has 0 bridgehead atoms. The van der Waals surface area contributed by atoms with Gasteiger partial charge in [-0.05, 0) is 66.0 Å². The van der Waals surface area contributed by atoms with Crippen LogP contribution >= 0.6 is 23.8 Å². The number of nitrogens with one attached hydrogen (secondary N) is 3. The lowest BCUT2D eigenvalue weighted by atomic mass is 9.87. The minimum absolute atomic E-state index is 0.00568. The second-order valence-corrected chi connectivity index (χ2v) is 8.33. The summed E-state index contributed by atoms with van der Waals surface area (Å²) in [5.74, 6) is -0.272. The van der Waals surface area contributed by atoms with Gasteiger partial charge < -0.3 is 4.74 Å². The molecule has 154 valence electrons. The molecule has 29 heavy (non-hydrogen) atoms. The quantitative estimate of drug-likeness (QED) is 0.506. The van der Waals surface area contributed by atoms with Crippen molar-refractivity contribution in [1.29, 1.82) is 0 Å². The predicted molar refractivity (Wildman–Crippen MR) is 118 cm³/mol. The van der Waals surface area contributed by atoms with Crippen LogP contribution in [0.25, 0.3) is 0 Å². The summed E-state index contributed by atoms with van der Waals surface area (Å²) in [4.78, 5) is 24.1. The second-order valence-electron chi connectivity index (χ2n) is 7.48. The Balaban J connectivity index is 1.78. The number of hydrogen-bond donors (Lipinski definition) is 3. The maximum atomic E-state index is 12.2. The molecule has 0 saturated heterocycles. The normalized spacial score (nSPS) is 10.8. The van der Waals surface area contributed by atoms with E-state index in [1.807, 2.05) is 19.1 Å². The van der Waals surface area contributed by atoms with E-state index in [9.17, 15) is 9.59 Å². The zero-order valence-corrected chi connectivity index (χ0v) is 18.3. The minimum Gasteiger partial charge on any atom is -0.483 e. The van der Waals surface area contributed by atoms with Crippen LogP contribution < -0.4 is 20.9 Å². The van der Waals surface area contributed by atoms with Gasteiger partial charge in [0.15, 0.2) is 11.7 Å². The second kappa shape index (κ2) is 9.71. The molecule has 0 aromatic heterocycles. The topological polar surface area (TPSA) is 79.5 Å². The highest BCUT2D eigenvalue weighted by Gasteiger charge is 2.14. The molecule has 0 radical (unpaired) electrons. The van der Waals surface area contributed by atoms with Gasteiger partial charge in [-0.25, -0.2) is 0 Å². The standard InChI is InChI=1S/C21H24ClN3O3S/c1-13-11-16(22)9-10-17(13)28-12-18(26)23-20(29)25-24-19(27)14-5-7-15(8-6-14)21(2,3)4/h5-11H,12H2,1-4H3,(H,24,27)(H2,23,25,26,29). The third kappa shape index (κ3) is 7.03. The Labute approximate surface area is 180 Å². The molecule has 0 fully saturated rings. The summed E-state index contributed by atoms with van der Waals surface area (Å²) in [6, 6.07) is 12.4. The van der Waals surface area contributed by atoms with Crippen molar-refractivity contribution in [2.75, 3.05) is 6.61 Å². The molecule has 0 aliphatic heterocycles. The van der Waals surface area contributed by atoms with Crippen molar-refractivity contribution < 1.29 is 14.3 Å². The third-order valence-electron chi connectivity index (χ3n) is 4.05. The van der Waals surface area contributed by atoms with E-state index in [1.165, 1.54) is 0 Å². The molecular weight excluding hydrogens is 410 g/mol. The zero-order valence-electron chi connectivity index (χ0n) is 16.8. The van der Waals surface area contributed by atoms with E-state index < -0.39 is 5.91 Å². The van der Waals surface area contributed by atoms with Crippen LogP contribution in [-0.2, 0) is 10.2 Å². The number of rotatable bonds is 4. The number of halogens is 1. The Morgan fingerprint density at radius 1 is 1.07 bits per heavy atom. The van der Waals surface area contributed by atoms with Gasteiger partial charge in [0, 0.05) is 10.6 Å². The van der Waals surface area contributed by atoms with Crippen LogP contribution in [0.1, 0.15) is 42.3 Å². The molecule has 0 aliphatic rings. The van der Waals surface area contributed by atoms with E-state index in [4.69, 9.17) is 28.6 Å². The maximum absolute atomic E-state index is 12.2. The lowest BCUT2D eigenvalue weighted by Crippen LogP contribution is -2.49. The van der Waals surface area contributed by atoms with E-state index in [2.05, 4.69) is 36.9 Å². The van der Waals surface area contributed by atoms with Gasteiger partial charge in [0.05, 0.1) is 0 Å². The van der Waals surface area contributed by atoms with Gasteiger partial charge in [-0.2, -0.15) is 0 Å². The Kier molecular flexibility index (Phi) is 7.59. The van der Waals surface area contributed by atoms with Crippen molar-refractivity contribution in [1.82, 2.24) is 16.2 Å². The number of amides is 2. The average Bonchev–Trinajstić information content (AvgIpc) is 2.65. The van der Waals surface area contributed by atoms with E-state index in [0.717, 1.165) is 11.1 Å². The molecule has 0 aliphatic carbocycles. The Bertz CT molecular complexity index is 908. The molecule has 0 spiro atoms. The molecule has 0 heterocycles. The van der Waals surface area contributed by atoms with Crippen molar-refractivity contribution in [3.05, 3.63) is 64.2 Å². The molecule has 0 saturated carbocycles. The van der Waals surface area contributed by atoms with E-state index in [1.54, 1.807) is 30.3 Å². The predicted octanol–water partition coefficient (Wildman–Crippen LogP) is 3.66. The first-order valence-electron chi connectivity index (χ1n) is 8.96. The van der Waals surface area contributed by atoms with Crippen molar-refractivity contribution in [2.24, 2.45) is 0 Å². The first-order valence-corrected chi connectivity index (χ1v) is 9.74. The first kappa shape index (κ1) is 22.6. The van der Waals surface area contributed by atoms with E-state index in [-0.39, 0.29) is 23.0 Å². The van der Waals surface area contributed by atoms with Gasteiger partial charge in [0.1, 0.15) is 5.75 Å². The van der Waals surface area contributed by atoms with Crippen LogP contribution in [0.15, 0.2) is 42.5 Å². The summed E-state index contributed by atoms with van der Waals surface area (Å²) in [6.45, 7) is 7.90. The number of hydrogen-bond acceptors (Lipinski definition) is 4. The fraction of sp³-hybridized carbons (Fsp3) is 0.286. The van der Waals surface area contributed by atoms with Gasteiger partial charge in [-0.15, -0.1) is 0 Å². The number of thiocarbonyl (C=S) groups is 1. The van der Waals surface area contributed by atoms with Crippen LogP contribution in [0.2, 0.25) is 5.02 Å². The highest BCUT2D eigenvalue weighted by atomic mass is 35.5. The monoisotopic (exact) mass is 433 g/mol. The molecule has 3 N–H and O–H groups in total. The van der Waals surface area contributed by atoms with Crippen LogP contribution in [-0.4, -0.2) is 23.5 Å². The molecule has 0 atom stereocenters. The SMILES string of the molecule is Cc1cc(Cl)ccc1OCC(=O)NC(=S)NNC(=O)c1ccc(C(C)(C)C)cc1. The lowest BCUT2D eigenvalue weighted by molar-refractivity contribution is -0.121. The van der Waals surface area contributed by atoms with Crippen LogP contribution in [0.4, 0.5) is 0 Å². The number of ether oxygens (including phenoxy) is 1. The summed E-state index contributed by atoms with van der Waals surface area (Å²) < 4.78 is 5.44. The molecule has 2 amide bonds. The molecule has 2 aromatic carbocycles. The third-order valence-corrected chi connectivity index (χ3v) is 4.49. The highest BCUT2D eigenvalue weighted by Crippen LogP contribution is 2.22. The average molecular weight is 434 g/mol. The Morgan fingerprint density at radius 2 is 1.72 bits per heavy atom. The lowest BCUT2D eigenvalue weighted by Gasteiger charge is -2.19. The zero-order chi connectivity index (χ0) is 21.6. The number of carbonyl (C=O) groups is 2. The molecule has 8 heteroatoms. The van der Waals surface area contributed by atoms with E-state index >= 15 is 0 Å². The summed E-state index contributed by atoms with van der Waals surface area (Å²) in [6.07, 6.45) is 0. The number of aryl methyl sites for hydroxylation is 1. The Hall–Kier alpha value is -2.64. The van der Waals surface area contributed by atoms with E-state index in [0.29, 0.717) is 16.3 Å². The molecule has 2 rings (SSSR count). The molecule has 0 unspecified atom stereocenters. The largest absolute Gasteiger partial charge is 0.483 e. The van der Waals surface area contributed by atoms with Crippen LogP contribution in [0.5, 0.6) is 5.75 Å². The molecule has 6 nitrogen and oxygen atoms in total. The number of carbonyl (C=O) groups excluding carboxylic acids is 2. The van der Waals surface area contributed by atoms with Crippen molar-refractivity contribution >= 4 is 40.7 Å². The Morgan fingerprint density at radius 3 is 2.31 bits per heavy atom. The molecule has 2 aromatic rings. The van der Waals surface area contributed by atoms with Gasteiger partial charge in [0.25, 0.3) is 11.8 Å². The van der Waals surface area contributed by atoms with Crippen LogP contribution in [0, 0.1) is 6.92 Å². The van der Waals surface area contributed by atoms with Gasteiger partial charge in [-0.1, -0.05) is 44.5 Å². The van der Waals surface area contributed by atoms with Gasteiger partial charge in [-0.3, -0.25) is 25.8 Å². The number of hydrazine groups is 1. The number of benzene rings is 2. The summed E-state index contributed by atoms with van der Waals surface area (Å²) in [5.41, 5.74) is 7.37. The maximum Gasteiger partial charge on any atom is 0.269 e. The van der Waals surface area contributed by atoms with Crippen molar-refractivity contribution in [3.63, 3.8) is 0 Å². The fourth-order valence-electron chi connectivity index (χ4n) is 2.42. The van der Waals surface area contributed by atoms with Crippen LogP contribution in [0.3, 0.4) is 0 Å². The minimum atomic E-state index is -0.458. The fourth-order valence-corrected chi connectivity index (χ4v) is 2.81. The first-order chi connectivity index (χ1) is 13.6. The van der Waals surface area contributed by atoms with Gasteiger partial charge >= 0.3 is 0 Å². The smallest absolute Gasteiger partial charge is 0.269 e. The van der Waals surface area contributed by atoms with Crippen molar-refractivity contribution in [2.45, 2.75) is 33.1 Å². The van der Waals surface area contributed by atoms with Gasteiger partial charge in [0.2, 0.25) is 0 Å².